The van der Waals surface area contributed by atoms with E-state index in [1.54, 1.807) is 4.57 Å². The van der Waals surface area contributed by atoms with Crippen molar-refractivity contribution in [3.63, 3.8) is 0 Å². The molecule has 0 bridgehead atoms. The van der Waals surface area contributed by atoms with Crippen LogP contribution in [0.4, 0.5) is 5.82 Å². The summed E-state index contributed by atoms with van der Waals surface area (Å²) in [5.41, 5.74) is 8.88. The van der Waals surface area contributed by atoms with Gasteiger partial charge >= 0.3 is 0 Å². The van der Waals surface area contributed by atoms with Crippen LogP contribution >= 0.6 is 0 Å². The first-order chi connectivity index (χ1) is 21.0. The van der Waals surface area contributed by atoms with Crippen molar-refractivity contribution in [1.82, 2.24) is 34.4 Å². The van der Waals surface area contributed by atoms with Crippen LogP contribution in [0.25, 0.3) is 22.2 Å². The number of H-pyrrole nitrogens is 1. The van der Waals surface area contributed by atoms with Gasteiger partial charge in [0.05, 0.1) is 30.6 Å². The summed E-state index contributed by atoms with van der Waals surface area (Å²) in [5, 5.41) is 52.6. The van der Waals surface area contributed by atoms with E-state index >= 15 is 0 Å². The van der Waals surface area contributed by atoms with E-state index < -0.39 is 30.6 Å². The maximum atomic E-state index is 11.0. The molecule has 3 aromatic heterocycles. The lowest BCUT2D eigenvalue weighted by molar-refractivity contribution is -0.0699. The number of imidazole rings is 2. The number of hydrogen-bond acceptors (Lipinski definition) is 12. The van der Waals surface area contributed by atoms with E-state index in [2.05, 4.69) is 29.8 Å². The van der Waals surface area contributed by atoms with Gasteiger partial charge in [-0.3, -0.25) is 9.47 Å². The molecule has 4 aromatic rings. The largest absolute Gasteiger partial charge is 0.395 e. The van der Waals surface area contributed by atoms with E-state index in [1.165, 1.54) is 12.7 Å². The quantitative estimate of drug-likeness (QED) is 0.125. The molecule has 44 heavy (non-hydrogen) atoms. The van der Waals surface area contributed by atoms with Crippen molar-refractivity contribution in [3.05, 3.63) is 42.2 Å². The molecule has 14 heteroatoms. The van der Waals surface area contributed by atoms with Crippen molar-refractivity contribution >= 4 is 28.0 Å². The van der Waals surface area contributed by atoms with Crippen molar-refractivity contribution in [1.29, 1.82) is 0 Å². The molecule has 4 heterocycles. The second-order valence-electron chi connectivity index (χ2n) is 13.0. The minimum Gasteiger partial charge on any atom is -0.395 e. The second-order valence-corrected chi connectivity index (χ2v) is 13.0. The Balaban J connectivity index is 1.09. The summed E-state index contributed by atoms with van der Waals surface area (Å²) in [6.07, 6.45) is 0.120. The van der Waals surface area contributed by atoms with E-state index in [0.29, 0.717) is 30.0 Å². The first kappa shape index (κ1) is 30.8. The zero-order valence-corrected chi connectivity index (χ0v) is 25.2. The van der Waals surface area contributed by atoms with Crippen molar-refractivity contribution in [2.45, 2.75) is 88.2 Å². The molecule has 1 aliphatic carbocycles. The summed E-state index contributed by atoms with van der Waals surface area (Å²) >= 11 is 0. The van der Waals surface area contributed by atoms with Gasteiger partial charge in [0.25, 0.3) is 0 Å². The van der Waals surface area contributed by atoms with Crippen LogP contribution in [0.1, 0.15) is 63.8 Å². The Morgan fingerprint density at radius 2 is 1.93 bits per heavy atom. The van der Waals surface area contributed by atoms with Gasteiger partial charge in [-0.25, -0.2) is 19.9 Å². The summed E-state index contributed by atoms with van der Waals surface area (Å²) in [5.74, 6) is 0.975. The molecule has 1 saturated heterocycles. The van der Waals surface area contributed by atoms with E-state index in [1.807, 2.05) is 39.0 Å². The number of fused-ring (bicyclic) bond motifs is 2. The number of ether oxygens (including phenoxy) is 1. The minimum absolute atomic E-state index is 0.0244. The van der Waals surface area contributed by atoms with Gasteiger partial charge in [-0.2, -0.15) is 0 Å². The molecule has 2 fully saturated rings. The van der Waals surface area contributed by atoms with Crippen molar-refractivity contribution in [3.8, 4) is 0 Å². The van der Waals surface area contributed by atoms with E-state index in [0.717, 1.165) is 29.4 Å². The van der Waals surface area contributed by atoms with Crippen LogP contribution in [0.3, 0.4) is 0 Å². The first-order valence-electron chi connectivity index (χ1n) is 15.1. The average Bonchev–Trinajstić information content (AvgIpc) is 3.69. The predicted molar refractivity (Wildman–Crippen MR) is 161 cm³/mol. The van der Waals surface area contributed by atoms with Gasteiger partial charge in [0.2, 0.25) is 0 Å². The zero-order valence-electron chi connectivity index (χ0n) is 25.2. The molecular weight excluding hydrogens is 568 g/mol. The molecule has 6 atom stereocenters. The maximum absolute atomic E-state index is 11.0. The number of anilines is 1. The third kappa shape index (κ3) is 5.55. The summed E-state index contributed by atoms with van der Waals surface area (Å²) in [7, 11) is 0. The Bertz CT molecular complexity index is 1600. The smallest absolute Gasteiger partial charge is 0.167 e. The number of nitrogens with one attached hydrogen (secondary N) is 1. The van der Waals surface area contributed by atoms with E-state index in [9.17, 15) is 25.5 Å². The zero-order chi connectivity index (χ0) is 31.3. The number of nitrogens with two attached hydrogens (primary N) is 1. The number of nitrogens with zero attached hydrogens (tertiary/aromatic N) is 6. The lowest BCUT2D eigenvalue weighted by atomic mass is 9.75. The standard InChI is InChI=1S/C30H42N8O6/c1-15(11-39)37(10-22-24(42)25(43)29(44-22)38-14-34-23-26(31)32-13-33-28(23)38)18-6-16(7-18)8-21(41)27-35-19-5-4-17(9-20(19)36-27)30(2,3)12-40/h4-5,9,13-16,18,21-22,24-25,29,39-43H,6-8,10-12H2,1-3H3,(H,35,36)(H2,31,32,33)/t15?,16?,18?,21?,22-,24-,25-,29-/m1/s1. The van der Waals surface area contributed by atoms with Crippen molar-refractivity contribution < 1.29 is 30.3 Å². The van der Waals surface area contributed by atoms with Gasteiger partial charge in [-0.05, 0) is 49.8 Å². The van der Waals surface area contributed by atoms with Crippen LogP contribution in [0.15, 0.2) is 30.9 Å². The van der Waals surface area contributed by atoms with Crippen LogP contribution in [0.5, 0.6) is 0 Å². The molecular formula is C30H42N8O6. The molecule has 238 valence electrons. The third-order valence-electron chi connectivity index (χ3n) is 9.45. The summed E-state index contributed by atoms with van der Waals surface area (Å²) in [4.78, 5) is 22.4. The Kier molecular flexibility index (Phi) is 8.34. The second kappa shape index (κ2) is 11.9. The Morgan fingerprint density at radius 1 is 1.16 bits per heavy atom. The summed E-state index contributed by atoms with van der Waals surface area (Å²) in [6, 6.07) is 5.75. The van der Waals surface area contributed by atoms with E-state index in [-0.39, 0.29) is 42.4 Å². The van der Waals surface area contributed by atoms with Gasteiger partial charge in [0, 0.05) is 24.0 Å². The molecule has 6 rings (SSSR count). The van der Waals surface area contributed by atoms with Crippen LogP contribution < -0.4 is 5.73 Å². The number of aromatic amines is 1. The fraction of sp³-hybridized carbons (Fsp3) is 0.600. The van der Waals surface area contributed by atoms with Crippen molar-refractivity contribution in [2.75, 3.05) is 25.5 Å². The topological polar surface area (TPSA) is 212 Å². The van der Waals surface area contributed by atoms with E-state index in [4.69, 9.17) is 10.5 Å². The summed E-state index contributed by atoms with van der Waals surface area (Å²) in [6.45, 7) is 6.12. The molecule has 0 spiro atoms. The fourth-order valence-electron chi connectivity index (χ4n) is 6.46. The van der Waals surface area contributed by atoms with Crippen molar-refractivity contribution in [2.24, 2.45) is 5.92 Å². The number of aliphatic hydroxyl groups excluding tert-OH is 5. The fourth-order valence-corrected chi connectivity index (χ4v) is 6.46. The Labute approximate surface area is 254 Å². The molecule has 8 N–H and O–H groups in total. The number of benzene rings is 1. The van der Waals surface area contributed by atoms with Crippen LogP contribution in [0.2, 0.25) is 0 Å². The molecule has 0 amide bonds. The van der Waals surface area contributed by atoms with Gasteiger partial charge in [0.1, 0.15) is 42.1 Å². The highest BCUT2D eigenvalue weighted by atomic mass is 16.6. The highest BCUT2D eigenvalue weighted by molar-refractivity contribution is 5.81. The lowest BCUT2D eigenvalue weighted by Crippen LogP contribution is -2.54. The molecule has 2 aliphatic rings. The Morgan fingerprint density at radius 3 is 2.66 bits per heavy atom. The normalized spacial score (nSPS) is 27.3. The van der Waals surface area contributed by atoms with Gasteiger partial charge < -0.3 is 41.0 Å². The minimum atomic E-state index is -1.22. The van der Waals surface area contributed by atoms with Gasteiger partial charge in [-0.15, -0.1) is 0 Å². The average molecular weight is 611 g/mol. The molecule has 14 nitrogen and oxygen atoms in total. The SMILES string of the molecule is CC(CO)N(C[C@H]1O[C@@H](n2cnc3c(N)ncnc32)[C@H](O)[C@@H]1O)C1CC(CC(O)c2nc3ccc(C(C)(C)CO)cc3[nH]2)C1. The molecule has 1 aromatic carbocycles. The van der Waals surface area contributed by atoms with Gasteiger partial charge in [-0.1, -0.05) is 19.9 Å². The molecule has 1 aliphatic heterocycles. The summed E-state index contributed by atoms with van der Waals surface area (Å²) < 4.78 is 7.72. The molecule has 1 saturated carbocycles. The highest BCUT2D eigenvalue weighted by Crippen LogP contribution is 2.40. The lowest BCUT2D eigenvalue weighted by Gasteiger charge is -2.46. The van der Waals surface area contributed by atoms with Crippen LogP contribution in [-0.2, 0) is 10.2 Å². The van der Waals surface area contributed by atoms with Gasteiger partial charge in [0.15, 0.2) is 17.7 Å². The number of rotatable bonds is 11. The van der Waals surface area contributed by atoms with Crippen LogP contribution in [-0.4, -0.2) is 110 Å². The predicted octanol–water partition coefficient (Wildman–Crippen LogP) is 0.759. The Hall–Kier alpha value is -3.24. The molecule has 0 radical (unpaired) electrons. The number of hydrogen-bond donors (Lipinski definition) is 7. The molecule has 2 unspecified atom stereocenters. The number of aliphatic hydroxyl groups is 5. The number of nitrogen functional groups attached to an aromatic ring is 1. The monoisotopic (exact) mass is 610 g/mol. The first-order valence-corrected chi connectivity index (χ1v) is 15.1. The third-order valence-corrected chi connectivity index (χ3v) is 9.45. The van der Waals surface area contributed by atoms with Crippen LogP contribution in [0, 0.1) is 5.92 Å². The maximum Gasteiger partial charge on any atom is 0.167 e. The highest BCUT2D eigenvalue weighted by Gasteiger charge is 2.47. The number of aromatic nitrogens is 6.